The van der Waals surface area contributed by atoms with Gasteiger partial charge in [0.05, 0.1) is 15.6 Å². The highest BCUT2D eigenvalue weighted by atomic mass is 32.1. The Labute approximate surface area is 150 Å². The van der Waals surface area contributed by atoms with Gasteiger partial charge in [-0.05, 0) is 37.3 Å². The molecule has 3 heteroatoms. The van der Waals surface area contributed by atoms with Crippen molar-refractivity contribution in [2.75, 3.05) is 0 Å². The number of hydrogen-bond acceptors (Lipinski definition) is 2. The lowest BCUT2D eigenvalue weighted by molar-refractivity contribution is -0.643. The molecule has 0 atom stereocenters. The van der Waals surface area contributed by atoms with E-state index in [0.29, 0.717) is 0 Å². The minimum atomic E-state index is 1.07. The normalized spacial score (nSPS) is 11.6. The van der Waals surface area contributed by atoms with Crippen molar-refractivity contribution in [1.82, 2.24) is 4.98 Å². The molecular formula is C22H17N2S+. The molecule has 0 N–H and O–H groups in total. The lowest BCUT2D eigenvalue weighted by Crippen LogP contribution is -2.28. The summed E-state index contributed by atoms with van der Waals surface area (Å²) in [5.41, 5.74) is 4.78. The molecule has 25 heavy (non-hydrogen) atoms. The maximum absolute atomic E-state index is 4.82. The number of aryl methyl sites for hydroxylation is 2. The Morgan fingerprint density at radius 3 is 2.68 bits per heavy atom. The minimum Gasteiger partial charge on any atom is -0.236 e. The molecule has 3 aromatic carbocycles. The van der Waals surface area contributed by atoms with E-state index in [4.69, 9.17) is 4.98 Å². The zero-order chi connectivity index (χ0) is 17.0. The van der Waals surface area contributed by atoms with E-state index < -0.39 is 0 Å². The molecule has 0 unspecified atom stereocenters. The molecule has 0 spiro atoms. The van der Waals surface area contributed by atoms with Crippen molar-refractivity contribution >= 4 is 43.2 Å². The van der Waals surface area contributed by atoms with Crippen LogP contribution in [0.4, 0.5) is 0 Å². The van der Waals surface area contributed by atoms with Gasteiger partial charge < -0.3 is 0 Å². The van der Waals surface area contributed by atoms with Gasteiger partial charge in [-0.25, -0.2) is 9.55 Å². The molecule has 0 amide bonds. The van der Waals surface area contributed by atoms with Crippen molar-refractivity contribution in [2.45, 2.75) is 6.92 Å². The van der Waals surface area contributed by atoms with Gasteiger partial charge in [-0.15, -0.1) is 11.3 Å². The second-order valence-electron chi connectivity index (χ2n) is 6.55. The monoisotopic (exact) mass is 341 g/mol. The smallest absolute Gasteiger partial charge is 0.212 e. The van der Waals surface area contributed by atoms with E-state index in [1.54, 1.807) is 11.3 Å². The average Bonchev–Trinajstić information content (AvgIpc) is 3.05. The topological polar surface area (TPSA) is 16.8 Å². The molecule has 0 aliphatic heterocycles. The number of nitrogens with zero attached hydrogens (tertiary/aromatic N) is 2. The number of aromatic nitrogens is 2. The van der Waals surface area contributed by atoms with E-state index in [2.05, 4.69) is 79.3 Å². The molecule has 0 aliphatic carbocycles. The highest BCUT2D eigenvalue weighted by Crippen LogP contribution is 2.33. The van der Waals surface area contributed by atoms with E-state index in [1.807, 2.05) is 6.07 Å². The molecule has 5 rings (SSSR count). The maximum Gasteiger partial charge on any atom is 0.212 e. The van der Waals surface area contributed by atoms with Crippen molar-refractivity contribution in [3.63, 3.8) is 0 Å². The lowest BCUT2D eigenvalue weighted by atomic mass is 10.0. The predicted octanol–water partition coefficient (Wildman–Crippen LogP) is 5.40. The number of rotatable bonds is 1. The third-order valence-corrected chi connectivity index (χ3v) is 5.83. The molecule has 0 saturated carbocycles. The Kier molecular flexibility index (Phi) is 3.12. The van der Waals surface area contributed by atoms with Crippen molar-refractivity contribution in [2.24, 2.45) is 7.05 Å². The largest absolute Gasteiger partial charge is 0.236 e. The second kappa shape index (κ2) is 5.36. The van der Waals surface area contributed by atoms with Crippen LogP contribution in [0.2, 0.25) is 0 Å². The second-order valence-corrected chi connectivity index (χ2v) is 7.58. The Morgan fingerprint density at radius 2 is 1.80 bits per heavy atom. The van der Waals surface area contributed by atoms with Crippen LogP contribution in [0.5, 0.6) is 0 Å². The summed E-state index contributed by atoms with van der Waals surface area (Å²) in [6.07, 6.45) is 2.21. The summed E-state index contributed by atoms with van der Waals surface area (Å²) in [4.78, 5) is 4.82. The van der Waals surface area contributed by atoms with Gasteiger partial charge in [-0.2, -0.15) is 0 Å². The Morgan fingerprint density at radius 1 is 0.920 bits per heavy atom. The van der Waals surface area contributed by atoms with Gasteiger partial charge in [0.15, 0.2) is 6.20 Å². The van der Waals surface area contributed by atoms with Crippen molar-refractivity contribution in [1.29, 1.82) is 0 Å². The molecule has 0 bridgehead atoms. The molecule has 0 aliphatic rings. The third kappa shape index (κ3) is 2.31. The number of para-hydroxylation sites is 1. The number of thiazole rings is 1. The highest BCUT2D eigenvalue weighted by Gasteiger charge is 2.13. The van der Waals surface area contributed by atoms with Gasteiger partial charge in [0.2, 0.25) is 5.52 Å². The van der Waals surface area contributed by atoms with Crippen LogP contribution in [-0.2, 0) is 7.05 Å². The van der Waals surface area contributed by atoms with E-state index in [0.717, 1.165) is 10.5 Å². The van der Waals surface area contributed by atoms with Crippen LogP contribution in [0.3, 0.4) is 0 Å². The maximum atomic E-state index is 4.82. The minimum absolute atomic E-state index is 1.07. The zero-order valence-electron chi connectivity index (χ0n) is 14.2. The quantitative estimate of drug-likeness (QED) is 0.294. The summed E-state index contributed by atoms with van der Waals surface area (Å²) in [6.45, 7) is 2.14. The van der Waals surface area contributed by atoms with Crippen LogP contribution in [0.1, 0.15) is 5.56 Å². The van der Waals surface area contributed by atoms with Gasteiger partial charge in [-0.1, -0.05) is 29.8 Å². The van der Waals surface area contributed by atoms with Crippen molar-refractivity contribution < 1.29 is 4.57 Å². The Hall–Kier alpha value is -2.78. The first-order valence-electron chi connectivity index (χ1n) is 8.38. The van der Waals surface area contributed by atoms with Crippen LogP contribution in [0.15, 0.2) is 66.9 Å². The molecule has 5 aromatic rings. The standard InChI is InChI=1S/C22H17N2S/c1-14-7-9-17-16(11-14)13-24(2)20-10-8-15(12-18(17)20)22-23-19-5-3-4-6-21(19)25-22/h3-13H,1-2H3/q+1. The fourth-order valence-corrected chi connectivity index (χ4v) is 4.46. The molecule has 0 fully saturated rings. The summed E-state index contributed by atoms with van der Waals surface area (Å²) < 4.78 is 3.44. The van der Waals surface area contributed by atoms with Crippen LogP contribution >= 0.6 is 11.3 Å². The van der Waals surface area contributed by atoms with E-state index in [1.165, 1.54) is 37.5 Å². The summed E-state index contributed by atoms with van der Waals surface area (Å²) in [6, 6.07) is 21.7. The van der Waals surface area contributed by atoms with Gasteiger partial charge in [0, 0.05) is 22.4 Å². The van der Waals surface area contributed by atoms with E-state index >= 15 is 0 Å². The first kappa shape index (κ1) is 14.6. The molecular weight excluding hydrogens is 324 g/mol. The van der Waals surface area contributed by atoms with Crippen LogP contribution < -0.4 is 4.57 Å². The number of pyridine rings is 1. The highest BCUT2D eigenvalue weighted by molar-refractivity contribution is 7.21. The van der Waals surface area contributed by atoms with Gasteiger partial charge in [0.25, 0.3) is 0 Å². The van der Waals surface area contributed by atoms with Crippen molar-refractivity contribution in [3.05, 3.63) is 72.4 Å². The van der Waals surface area contributed by atoms with Gasteiger partial charge in [-0.3, -0.25) is 0 Å². The third-order valence-electron chi connectivity index (χ3n) is 4.75. The fourth-order valence-electron chi connectivity index (χ4n) is 3.50. The number of benzene rings is 3. The number of hydrogen-bond donors (Lipinski definition) is 0. The zero-order valence-corrected chi connectivity index (χ0v) is 15.0. The van der Waals surface area contributed by atoms with Gasteiger partial charge >= 0.3 is 0 Å². The molecule has 2 aromatic heterocycles. The first-order chi connectivity index (χ1) is 12.2. The predicted molar refractivity (Wildman–Crippen MR) is 106 cm³/mol. The van der Waals surface area contributed by atoms with Crippen molar-refractivity contribution in [3.8, 4) is 10.6 Å². The Balaban J connectivity index is 1.81. The lowest BCUT2D eigenvalue weighted by Gasteiger charge is -2.05. The number of fused-ring (bicyclic) bond motifs is 4. The fraction of sp³-hybridized carbons (Fsp3) is 0.0909. The van der Waals surface area contributed by atoms with Crippen LogP contribution in [0.25, 0.3) is 42.5 Å². The Bertz CT molecular complexity index is 1230. The molecule has 0 radical (unpaired) electrons. The SMILES string of the molecule is Cc1ccc2c(c1)c[n+](C)c1ccc(-c3nc4ccccc4s3)cc21. The molecule has 0 saturated heterocycles. The average molecular weight is 341 g/mol. The summed E-state index contributed by atoms with van der Waals surface area (Å²) in [5, 5.41) is 4.92. The molecule has 2 heterocycles. The van der Waals surface area contributed by atoms with E-state index in [9.17, 15) is 0 Å². The molecule has 120 valence electrons. The summed E-state index contributed by atoms with van der Waals surface area (Å²) in [7, 11) is 2.11. The summed E-state index contributed by atoms with van der Waals surface area (Å²) in [5.74, 6) is 0. The van der Waals surface area contributed by atoms with Crippen LogP contribution in [-0.4, -0.2) is 4.98 Å². The van der Waals surface area contributed by atoms with Gasteiger partial charge in [0.1, 0.15) is 12.1 Å². The van der Waals surface area contributed by atoms with E-state index in [-0.39, 0.29) is 0 Å². The summed E-state index contributed by atoms with van der Waals surface area (Å²) >= 11 is 1.75. The first-order valence-corrected chi connectivity index (χ1v) is 9.19. The van der Waals surface area contributed by atoms with Crippen LogP contribution in [0, 0.1) is 6.92 Å². The molecule has 2 nitrogen and oxygen atoms in total.